The summed E-state index contributed by atoms with van der Waals surface area (Å²) < 4.78 is 4.66. The van der Waals surface area contributed by atoms with Gasteiger partial charge in [-0.3, -0.25) is 0 Å². The maximum atomic E-state index is 11.2. The van der Waals surface area contributed by atoms with Gasteiger partial charge in [0.15, 0.2) is 0 Å². The average Bonchev–Trinajstić information content (AvgIpc) is 2.35. The predicted molar refractivity (Wildman–Crippen MR) is 61.2 cm³/mol. The van der Waals surface area contributed by atoms with E-state index in [9.17, 15) is 4.79 Å². The standard InChI is InChI=1S/C12H14O5/c13-7-11(15)8-17-12(16)6-3-9-1-4-10(14)5-2-9/h1-6,11,13-15H,7-8H2/t11-/m0/s1. The van der Waals surface area contributed by atoms with Crippen LogP contribution in [0.15, 0.2) is 30.3 Å². The number of benzene rings is 1. The number of esters is 1. The van der Waals surface area contributed by atoms with Crippen molar-refractivity contribution in [2.24, 2.45) is 0 Å². The van der Waals surface area contributed by atoms with Gasteiger partial charge in [0.05, 0.1) is 6.61 Å². The Bertz CT molecular complexity index is 382. The fraction of sp³-hybridized carbons (Fsp3) is 0.250. The summed E-state index contributed by atoms with van der Waals surface area (Å²) in [4.78, 5) is 11.2. The summed E-state index contributed by atoms with van der Waals surface area (Å²) in [6, 6.07) is 6.28. The zero-order valence-electron chi connectivity index (χ0n) is 9.11. The minimum Gasteiger partial charge on any atom is -0.508 e. The molecular weight excluding hydrogens is 224 g/mol. The highest BCUT2D eigenvalue weighted by molar-refractivity contribution is 5.87. The van der Waals surface area contributed by atoms with Gasteiger partial charge in [-0.15, -0.1) is 0 Å². The lowest BCUT2D eigenvalue weighted by Gasteiger charge is -2.05. The Morgan fingerprint density at radius 2 is 2.00 bits per heavy atom. The molecular formula is C12H14O5. The Morgan fingerprint density at radius 3 is 2.59 bits per heavy atom. The molecule has 0 heterocycles. The van der Waals surface area contributed by atoms with Crippen molar-refractivity contribution in [2.75, 3.05) is 13.2 Å². The number of carbonyl (C=O) groups excluding carboxylic acids is 1. The first-order valence-electron chi connectivity index (χ1n) is 5.04. The lowest BCUT2D eigenvalue weighted by molar-refractivity contribution is -0.141. The number of carbonyl (C=O) groups is 1. The third-order valence-corrected chi connectivity index (χ3v) is 1.93. The van der Waals surface area contributed by atoms with Crippen LogP contribution in [0.3, 0.4) is 0 Å². The van der Waals surface area contributed by atoms with Crippen LogP contribution in [0, 0.1) is 0 Å². The molecule has 0 unspecified atom stereocenters. The molecule has 0 amide bonds. The van der Waals surface area contributed by atoms with Crippen molar-refractivity contribution >= 4 is 12.0 Å². The van der Waals surface area contributed by atoms with Gasteiger partial charge in [0.1, 0.15) is 18.5 Å². The molecule has 0 aromatic heterocycles. The number of phenolic OH excluding ortho intramolecular Hbond substituents is 1. The molecule has 5 heteroatoms. The predicted octanol–water partition coefficient (Wildman–Crippen LogP) is 0.302. The van der Waals surface area contributed by atoms with E-state index < -0.39 is 18.7 Å². The highest BCUT2D eigenvalue weighted by atomic mass is 16.5. The van der Waals surface area contributed by atoms with Crippen LogP contribution < -0.4 is 0 Å². The molecule has 5 nitrogen and oxygen atoms in total. The van der Waals surface area contributed by atoms with Crippen LogP contribution in [0.5, 0.6) is 5.75 Å². The zero-order chi connectivity index (χ0) is 12.7. The minimum atomic E-state index is -1.05. The van der Waals surface area contributed by atoms with Crippen molar-refractivity contribution in [3.8, 4) is 5.75 Å². The highest BCUT2D eigenvalue weighted by Gasteiger charge is 2.04. The molecule has 1 aromatic rings. The number of phenols is 1. The van der Waals surface area contributed by atoms with Crippen LogP contribution in [0.25, 0.3) is 6.08 Å². The van der Waals surface area contributed by atoms with Gasteiger partial charge >= 0.3 is 5.97 Å². The third kappa shape index (κ3) is 5.14. The summed E-state index contributed by atoms with van der Waals surface area (Å²) in [6.07, 6.45) is 1.67. The van der Waals surface area contributed by atoms with Crippen LogP contribution in [0.4, 0.5) is 0 Å². The summed E-state index contributed by atoms with van der Waals surface area (Å²) >= 11 is 0. The van der Waals surface area contributed by atoms with Gasteiger partial charge in [-0.1, -0.05) is 12.1 Å². The van der Waals surface area contributed by atoms with Gasteiger partial charge in [-0.05, 0) is 23.8 Å². The summed E-state index contributed by atoms with van der Waals surface area (Å²) in [5.74, 6) is -0.457. The smallest absolute Gasteiger partial charge is 0.330 e. The van der Waals surface area contributed by atoms with Crippen LogP contribution in [-0.4, -0.2) is 40.6 Å². The number of aliphatic hydroxyl groups is 2. The van der Waals surface area contributed by atoms with Gasteiger partial charge in [-0.2, -0.15) is 0 Å². The lowest BCUT2D eigenvalue weighted by atomic mass is 10.2. The minimum absolute atomic E-state index is 0.149. The van der Waals surface area contributed by atoms with Crippen molar-refractivity contribution in [1.29, 1.82) is 0 Å². The normalized spacial score (nSPS) is 12.6. The van der Waals surface area contributed by atoms with E-state index in [1.54, 1.807) is 12.1 Å². The number of rotatable bonds is 5. The number of ether oxygens (including phenoxy) is 1. The van der Waals surface area contributed by atoms with E-state index in [4.69, 9.17) is 15.3 Å². The molecule has 0 saturated carbocycles. The topological polar surface area (TPSA) is 87.0 Å². The molecule has 0 saturated heterocycles. The first-order valence-corrected chi connectivity index (χ1v) is 5.04. The third-order valence-electron chi connectivity index (χ3n) is 1.93. The second kappa shape index (κ2) is 6.67. The fourth-order valence-electron chi connectivity index (χ4n) is 1.03. The molecule has 17 heavy (non-hydrogen) atoms. The van der Waals surface area contributed by atoms with E-state index in [1.807, 2.05) is 0 Å². The van der Waals surface area contributed by atoms with Gasteiger partial charge in [0.25, 0.3) is 0 Å². The van der Waals surface area contributed by atoms with Crippen LogP contribution >= 0.6 is 0 Å². The molecule has 0 radical (unpaired) electrons. The van der Waals surface area contributed by atoms with E-state index in [2.05, 4.69) is 4.74 Å². The first kappa shape index (κ1) is 13.2. The SMILES string of the molecule is O=C(C=Cc1ccc(O)cc1)OC[C@@H](O)CO. The Hall–Kier alpha value is -1.85. The number of aromatic hydroxyl groups is 1. The van der Waals surface area contributed by atoms with Gasteiger partial charge in [0.2, 0.25) is 0 Å². The Labute approximate surface area is 98.6 Å². The van der Waals surface area contributed by atoms with E-state index >= 15 is 0 Å². The maximum Gasteiger partial charge on any atom is 0.330 e. The molecule has 0 aliphatic heterocycles. The number of hydrogen-bond donors (Lipinski definition) is 3. The maximum absolute atomic E-state index is 11.2. The molecule has 0 fully saturated rings. The second-order valence-electron chi connectivity index (χ2n) is 3.39. The molecule has 1 aromatic carbocycles. The van der Waals surface area contributed by atoms with E-state index in [1.165, 1.54) is 24.3 Å². The molecule has 1 rings (SSSR count). The Balaban J connectivity index is 2.42. The van der Waals surface area contributed by atoms with E-state index in [-0.39, 0.29) is 12.4 Å². The zero-order valence-corrected chi connectivity index (χ0v) is 9.11. The van der Waals surface area contributed by atoms with Gasteiger partial charge in [0, 0.05) is 6.08 Å². The quantitative estimate of drug-likeness (QED) is 0.507. The van der Waals surface area contributed by atoms with Crippen LogP contribution in [-0.2, 0) is 9.53 Å². The van der Waals surface area contributed by atoms with Crippen molar-refractivity contribution in [1.82, 2.24) is 0 Å². The largest absolute Gasteiger partial charge is 0.508 e. The van der Waals surface area contributed by atoms with Crippen molar-refractivity contribution in [3.63, 3.8) is 0 Å². The summed E-state index contributed by atoms with van der Waals surface area (Å²) in [5.41, 5.74) is 0.738. The van der Waals surface area contributed by atoms with Crippen LogP contribution in [0.2, 0.25) is 0 Å². The second-order valence-corrected chi connectivity index (χ2v) is 3.39. The Morgan fingerprint density at radius 1 is 1.35 bits per heavy atom. The lowest BCUT2D eigenvalue weighted by Crippen LogP contribution is -2.21. The Kier molecular flexibility index (Phi) is 5.19. The molecule has 0 aliphatic rings. The summed E-state index contributed by atoms with van der Waals surface area (Å²) in [7, 11) is 0. The van der Waals surface area contributed by atoms with Crippen molar-refractivity contribution < 1.29 is 24.9 Å². The average molecular weight is 238 g/mol. The first-order chi connectivity index (χ1) is 8.11. The molecule has 1 atom stereocenters. The molecule has 3 N–H and O–H groups in total. The molecule has 0 spiro atoms. The van der Waals surface area contributed by atoms with E-state index in [0.717, 1.165) is 5.56 Å². The van der Waals surface area contributed by atoms with Crippen LogP contribution in [0.1, 0.15) is 5.56 Å². The molecule has 0 bridgehead atoms. The summed E-state index contributed by atoms with van der Waals surface area (Å²) in [6.45, 7) is -0.690. The molecule has 92 valence electrons. The number of hydrogen-bond acceptors (Lipinski definition) is 5. The van der Waals surface area contributed by atoms with Gasteiger partial charge in [-0.25, -0.2) is 4.79 Å². The highest BCUT2D eigenvalue weighted by Crippen LogP contribution is 2.10. The van der Waals surface area contributed by atoms with Crippen molar-refractivity contribution in [3.05, 3.63) is 35.9 Å². The van der Waals surface area contributed by atoms with E-state index in [0.29, 0.717) is 0 Å². The van der Waals surface area contributed by atoms with Crippen molar-refractivity contribution in [2.45, 2.75) is 6.10 Å². The van der Waals surface area contributed by atoms with Gasteiger partial charge < -0.3 is 20.1 Å². The fourth-order valence-corrected chi connectivity index (χ4v) is 1.03. The number of aliphatic hydroxyl groups excluding tert-OH is 2. The molecule has 0 aliphatic carbocycles. The monoisotopic (exact) mass is 238 g/mol. The summed E-state index contributed by atoms with van der Waals surface area (Å²) in [5, 5.41) is 26.5.